The van der Waals surface area contributed by atoms with Gasteiger partial charge in [-0.25, -0.2) is 0 Å². The van der Waals surface area contributed by atoms with Gasteiger partial charge in [-0.15, -0.1) is 0 Å². The molecule has 2 aromatic rings. The van der Waals surface area contributed by atoms with E-state index < -0.39 is 0 Å². The highest BCUT2D eigenvalue weighted by Crippen LogP contribution is 2.31. The summed E-state index contributed by atoms with van der Waals surface area (Å²) >= 11 is 0. The number of hydrogen-bond acceptors (Lipinski definition) is 3. The van der Waals surface area contributed by atoms with Crippen molar-refractivity contribution in [2.45, 2.75) is 20.3 Å². The summed E-state index contributed by atoms with van der Waals surface area (Å²) in [5.74, 6) is 1.22. The second-order valence-corrected chi connectivity index (χ2v) is 4.86. The molecule has 3 heteroatoms. The van der Waals surface area contributed by atoms with Crippen molar-refractivity contribution < 1.29 is 14.3 Å². The Morgan fingerprint density at radius 1 is 1.00 bits per heavy atom. The Kier molecular flexibility index (Phi) is 4.63. The van der Waals surface area contributed by atoms with Crippen molar-refractivity contribution in [3.8, 4) is 11.5 Å². The second-order valence-electron chi connectivity index (χ2n) is 4.86. The Bertz CT molecular complexity index is 660. The fourth-order valence-corrected chi connectivity index (χ4v) is 2.42. The third-order valence-electron chi connectivity index (χ3n) is 3.62. The van der Waals surface area contributed by atoms with Crippen molar-refractivity contribution >= 4 is 5.78 Å². The molecule has 0 fully saturated rings. The standard InChI is InChI=1S/C18H20O3/c1-5-13-8-6-7-9-14(13)18(19)15-11-17(21-4)16(20-3)10-12(15)2/h6-11H,5H2,1-4H3. The zero-order valence-electron chi connectivity index (χ0n) is 12.9. The quantitative estimate of drug-likeness (QED) is 0.783. The van der Waals surface area contributed by atoms with E-state index in [1.807, 2.05) is 44.2 Å². The molecule has 0 aromatic heterocycles. The molecule has 0 unspecified atom stereocenters. The van der Waals surface area contributed by atoms with Crippen molar-refractivity contribution in [3.63, 3.8) is 0 Å². The number of benzene rings is 2. The lowest BCUT2D eigenvalue weighted by atomic mass is 9.94. The van der Waals surface area contributed by atoms with E-state index in [0.717, 1.165) is 23.1 Å². The summed E-state index contributed by atoms with van der Waals surface area (Å²) in [4.78, 5) is 12.8. The van der Waals surface area contributed by atoms with E-state index in [2.05, 4.69) is 0 Å². The smallest absolute Gasteiger partial charge is 0.193 e. The lowest BCUT2D eigenvalue weighted by Gasteiger charge is -2.13. The van der Waals surface area contributed by atoms with Crippen molar-refractivity contribution in [1.29, 1.82) is 0 Å². The van der Waals surface area contributed by atoms with Gasteiger partial charge in [0.2, 0.25) is 0 Å². The summed E-state index contributed by atoms with van der Waals surface area (Å²) in [6.07, 6.45) is 0.828. The highest BCUT2D eigenvalue weighted by Gasteiger charge is 2.17. The normalized spacial score (nSPS) is 10.3. The van der Waals surface area contributed by atoms with Crippen LogP contribution in [0.2, 0.25) is 0 Å². The molecule has 110 valence electrons. The van der Waals surface area contributed by atoms with Gasteiger partial charge in [-0.1, -0.05) is 31.2 Å². The van der Waals surface area contributed by atoms with Crippen molar-refractivity contribution in [2.24, 2.45) is 0 Å². The summed E-state index contributed by atoms with van der Waals surface area (Å²) in [6, 6.07) is 11.3. The number of carbonyl (C=O) groups is 1. The van der Waals surface area contributed by atoms with Crippen LogP contribution in [0.4, 0.5) is 0 Å². The van der Waals surface area contributed by atoms with Crippen LogP contribution in [0.3, 0.4) is 0 Å². The third-order valence-corrected chi connectivity index (χ3v) is 3.62. The molecule has 0 heterocycles. The SMILES string of the molecule is CCc1ccccc1C(=O)c1cc(OC)c(OC)cc1C. The first kappa shape index (κ1) is 15.1. The molecule has 0 aliphatic heterocycles. The first-order valence-electron chi connectivity index (χ1n) is 6.97. The van der Waals surface area contributed by atoms with E-state index in [4.69, 9.17) is 9.47 Å². The minimum Gasteiger partial charge on any atom is -0.493 e. The Balaban J connectivity index is 2.53. The van der Waals surface area contributed by atoms with Crippen LogP contribution in [0.15, 0.2) is 36.4 Å². The van der Waals surface area contributed by atoms with Gasteiger partial charge in [0.05, 0.1) is 14.2 Å². The van der Waals surface area contributed by atoms with Crippen LogP contribution in [0.25, 0.3) is 0 Å². The first-order chi connectivity index (χ1) is 10.1. The second kappa shape index (κ2) is 6.44. The van der Waals surface area contributed by atoms with Gasteiger partial charge in [0.15, 0.2) is 17.3 Å². The highest BCUT2D eigenvalue weighted by molar-refractivity contribution is 6.11. The number of carbonyl (C=O) groups excluding carboxylic acids is 1. The summed E-state index contributed by atoms with van der Waals surface area (Å²) in [5.41, 5.74) is 3.32. The molecule has 2 aromatic carbocycles. The van der Waals surface area contributed by atoms with Gasteiger partial charge >= 0.3 is 0 Å². The fourth-order valence-electron chi connectivity index (χ4n) is 2.42. The number of rotatable bonds is 5. The monoisotopic (exact) mass is 284 g/mol. The molecule has 0 aliphatic carbocycles. The number of methoxy groups -OCH3 is 2. The number of hydrogen-bond donors (Lipinski definition) is 0. The largest absolute Gasteiger partial charge is 0.493 e. The zero-order valence-corrected chi connectivity index (χ0v) is 12.9. The molecule has 0 bridgehead atoms. The maximum atomic E-state index is 12.8. The fraction of sp³-hybridized carbons (Fsp3) is 0.278. The average Bonchev–Trinajstić information content (AvgIpc) is 2.53. The number of ether oxygens (including phenoxy) is 2. The maximum absolute atomic E-state index is 12.8. The Hall–Kier alpha value is -2.29. The Morgan fingerprint density at radius 2 is 1.62 bits per heavy atom. The summed E-state index contributed by atoms with van der Waals surface area (Å²) in [5, 5.41) is 0. The van der Waals surface area contributed by atoms with Crippen molar-refractivity contribution in [1.82, 2.24) is 0 Å². The molecule has 3 nitrogen and oxygen atoms in total. The van der Waals surface area contributed by atoms with Crippen LogP contribution in [-0.2, 0) is 6.42 Å². The van der Waals surface area contributed by atoms with Crippen LogP contribution in [0.5, 0.6) is 11.5 Å². The molecule has 0 N–H and O–H groups in total. The Labute approximate surface area is 125 Å². The van der Waals surface area contributed by atoms with Gasteiger partial charge in [0, 0.05) is 11.1 Å². The van der Waals surface area contributed by atoms with E-state index >= 15 is 0 Å². The minimum atomic E-state index is 0.0194. The molecule has 2 rings (SSSR count). The van der Waals surface area contributed by atoms with E-state index in [1.165, 1.54) is 0 Å². The maximum Gasteiger partial charge on any atom is 0.193 e. The van der Waals surface area contributed by atoms with Crippen LogP contribution in [-0.4, -0.2) is 20.0 Å². The molecule has 0 radical (unpaired) electrons. The van der Waals surface area contributed by atoms with Crippen LogP contribution in [0, 0.1) is 6.92 Å². The van der Waals surface area contributed by atoms with E-state index in [1.54, 1.807) is 20.3 Å². The molecule has 0 atom stereocenters. The van der Waals surface area contributed by atoms with Gasteiger partial charge in [0.25, 0.3) is 0 Å². The average molecular weight is 284 g/mol. The Morgan fingerprint density at radius 3 is 2.24 bits per heavy atom. The molecule has 0 saturated carbocycles. The molecule has 0 spiro atoms. The molecular formula is C18H20O3. The summed E-state index contributed by atoms with van der Waals surface area (Å²) < 4.78 is 10.6. The van der Waals surface area contributed by atoms with Crippen LogP contribution in [0.1, 0.15) is 34.0 Å². The van der Waals surface area contributed by atoms with Gasteiger partial charge in [0.1, 0.15) is 0 Å². The first-order valence-corrected chi connectivity index (χ1v) is 6.97. The van der Waals surface area contributed by atoms with Gasteiger partial charge in [-0.2, -0.15) is 0 Å². The van der Waals surface area contributed by atoms with Crippen molar-refractivity contribution in [3.05, 3.63) is 58.7 Å². The predicted molar refractivity (Wildman–Crippen MR) is 83.5 cm³/mol. The molecule has 21 heavy (non-hydrogen) atoms. The lowest BCUT2D eigenvalue weighted by molar-refractivity contribution is 0.103. The van der Waals surface area contributed by atoms with Gasteiger partial charge in [-0.3, -0.25) is 4.79 Å². The molecule has 0 amide bonds. The van der Waals surface area contributed by atoms with Gasteiger partial charge < -0.3 is 9.47 Å². The molecule has 0 saturated heterocycles. The van der Waals surface area contributed by atoms with E-state index in [0.29, 0.717) is 17.1 Å². The minimum absolute atomic E-state index is 0.0194. The van der Waals surface area contributed by atoms with Gasteiger partial charge in [-0.05, 0) is 36.6 Å². The van der Waals surface area contributed by atoms with E-state index in [9.17, 15) is 4.79 Å². The van der Waals surface area contributed by atoms with Crippen molar-refractivity contribution in [2.75, 3.05) is 14.2 Å². The van der Waals surface area contributed by atoms with Crippen LogP contribution >= 0.6 is 0 Å². The van der Waals surface area contributed by atoms with Crippen LogP contribution < -0.4 is 9.47 Å². The third kappa shape index (κ3) is 2.92. The predicted octanol–water partition coefficient (Wildman–Crippen LogP) is 3.81. The highest BCUT2D eigenvalue weighted by atomic mass is 16.5. The number of ketones is 1. The topological polar surface area (TPSA) is 35.5 Å². The summed E-state index contributed by atoms with van der Waals surface area (Å²) in [6.45, 7) is 3.96. The number of aryl methyl sites for hydroxylation is 2. The lowest BCUT2D eigenvalue weighted by Crippen LogP contribution is -2.08. The summed E-state index contributed by atoms with van der Waals surface area (Å²) in [7, 11) is 3.16. The van der Waals surface area contributed by atoms with E-state index in [-0.39, 0.29) is 5.78 Å². The molecule has 0 aliphatic rings. The molecular weight excluding hydrogens is 264 g/mol. The zero-order chi connectivity index (χ0) is 15.4.